The summed E-state index contributed by atoms with van der Waals surface area (Å²) in [5.41, 5.74) is 2.64. The minimum absolute atomic E-state index is 0.0287. The number of para-hydroxylation sites is 1. The van der Waals surface area contributed by atoms with Crippen molar-refractivity contribution in [1.82, 2.24) is 4.90 Å². The number of amides is 2. The smallest absolute Gasteiger partial charge is 0.229 e. The van der Waals surface area contributed by atoms with E-state index in [1.807, 2.05) is 60.7 Å². The Morgan fingerprint density at radius 3 is 2.39 bits per heavy atom. The van der Waals surface area contributed by atoms with Gasteiger partial charge in [0.25, 0.3) is 0 Å². The molecule has 0 bridgehead atoms. The minimum atomic E-state index is -0.357. The normalized spacial score (nSPS) is 16.2. The Kier molecular flexibility index (Phi) is 5.10. The number of likely N-dealkylation sites (tertiary alicyclic amines) is 1. The average Bonchev–Trinajstić information content (AvgIpc) is 3.35. The maximum absolute atomic E-state index is 12.6. The van der Waals surface area contributed by atoms with Crippen LogP contribution in [0.15, 0.2) is 77.4 Å². The summed E-state index contributed by atoms with van der Waals surface area (Å²) in [6.07, 6.45) is 1.80. The van der Waals surface area contributed by atoms with E-state index in [4.69, 9.17) is 4.42 Å². The second kappa shape index (κ2) is 8.00. The fraction of sp³-hybridized carbons (Fsp3) is 0.182. The summed E-state index contributed by atoms with van der Waals surface area (Å²) in [5, 5.41) is 6.21. The van der Waals surface area contributed by atoms with Gasteiger partial charge in [-0.2, -0.15) is 0 Å². The quantitative estimate of drug-likeness (QED) is 0.683. The number of hydrogen-bond acceptors (Lipinski definition) is 4. The summed E-state index contributed by atoms with van der Waals surface area (Å²) >= 11 is 0. The molecule has 28 heavy (non-hydrogen) atoms. The van der Waals surface area contributed by atoms with Crippen molar-refractivity contribution in [2.24, 2.45) is 5.92 Å². The molecular weight excluding hydrogens is 354 g/mol. The van der Waals surface area contributed by atoms with Crippen LogP contribution in [-0.4, -0.2) is 23.3 Å². The number of nitrogens with one attached hydrogen (secondary N) is 2. The van der Waals surface area contributed by atoms with Crippen LogP contribution < -0.4 is 10.6 Å². The molecular formula is C22H21N3O3. The highest BCUT2D eigenvalue weighted by Crippen LogP contribution is 2.23. The van der Waals surface area contributed by atoms with Crippen LogP contribution in [0.25, 0.3) is 0 Å². The van der Waals surface area contributed by atoms with Gasteiger partial charge < -0.3 is 20.0 Å². The maximum atomic E-state index is 12.6. The molecule has 2 amide bonds. The van der Waals surface area contributed by atoms with Crippen LogP contribution >= 0.6 is 0 Å². The third kappa shape index (κ3) is 4.23. The van der Waals surface area contributed by atoms with Gasteiger partial charge in [0, 0.05) is 30.0 Å². The fourth-order valence-corrected chi connectivity index (χ4v) is 3.26. The van der Waals surface area contributed by atoms with Crippen LogP contribution in [0.4, 0.5) is 17.1 Å². The zero-order valence-corrected chi connectivity index (χ0v) is 15.3. The van der Waals surface area contributed by atoms with Crippen LogP contribution in [0.3, 0.4) is 0 Å². The second-order valence-corrected chi connectivity index (χ2v) is 6.81. The van der Waals surface area contributed by atoms with Crippen molar-refractivity contribution < 1.29 is 14.0 Å². The number of nitrogens with zero attached hydrogens (tertiary/aromatic N) is 1. The lowest BCUT2D eigenvalue weighted by Gasteiger charge is -2.15. The van der Waals surface area contributed by atoms with E-state index in [2.05, 4.69) is 10.6 Å². The highest BCUT2D eigenvalue weighted by atomic mass is 16.3. The fourth-order valence-electron chi connectivity index (χ4n) is 3.26. The monoisotopic (exact) mass is 375 g/mol. The zero-order valence-electron chi connectivity index (χ0n) is 15.3. The lowest BCUT2D eigenvalue weighted by atomic mass is 10.1. The van der Waals surface area contributed by atoms with Crippen LogP contribution in [0.2, 0.25) is 0 Å². The third-order valence-electron chi connectivity index (χ3n) is 4.73. The number of furan rings is 1. The van der Waals surface area contributed by atoms with Gasteiger partial charge in [0.15, 0.2) is 0 Å². The number of hydrogen-bond donors (Lipinski definition) is 2. The zero-order chi connectivity index (χ0) is 19.3. The van der Waals surface area contributed by atoms with E-state index in [0.29, 0.717) is 18.8 Å². The van der Waals surface area contributed by atoms with Gasteiger partial charge in [-0.05, 0) is 48.5 Å². The molecule has 6 nitrogen and oxygen atoms in total. The van der Waals surface area contributed by atoms with E-state index in [9.17, 15) is 9.59 Å². The van der Waals surface area contributed by atoms with Gasteiger partial charge >= 0.3 is 0 Å². The van der Waals surface area contributed by atoms with E-state index < -0.39 is 0 Å². The molecule has 2 aromatic carbocycles. The van der Waals surface area contributed by atoms with E-state index in [1.54, 1.807) is 17.2 Å². The summed E-state index contributed by atoms with van der Waals surface area (Å²) in [6.45, 7) is 0.800. The highest BCUT2D eigenvalue weighted by molar-refractivity contribution is 5.97. The highest BCUT2D eigenvalue weighted by Gasteiger charge is 2.34. The van der Waals surface area contributed by atoms with Crippen LogP contribution in [0.5, 0.6) is 0 Å². The molecule has 142 valence electrons. The Labute approximate surface area is 163 Å². The van der Waals surface area contributed by atoms with Gasteiger partial charge in [-0.15, -0.1) is 0 Å². The average molecular weight is 375 g/mol. The summed E-state index contributed by atoms with van der Waals surface area (Å²) in [5.74, 6) is 0.193. The van der Waals surface area contributed by atoms with Gasteiger partial charge in [-0.3, -0.25) is 9.59 Å². The van der Waals surface area contributed by atoms with Crippen molar-refractivity contribution in [3.63, 3.8) is 0 Å². The number of benzene rings is 2. The molecule has 1 atom stereocenters. The standard InChI is InChI=1S/C22H21N3O3/c26-21-13-16(14-25(21)15-20-7-4-12-28-20)22(27)24-19-10-8-18(9-11-19)23-17-5-2-1-3-6-17/h1-12,16,23H,13-15H2,(H,24,27). The lowest BCUT2D eigenvalue weighted by Crippen LogP contribution is -2.27. The molecule has 0 radical (unpaired) electrons. The molecule has 1 aliphatic heterocycles. The predicted molar refractivity (Wildman–Crippen MR) is 107 cm³/mol. The molecule has 1 aliphatic rings. The molecule has 1 fully saturated rings. The topological polar surface area (TPSA) is 74.6 Å². The van der Waals surface area contributed by atoms with Crippen molar-refractivity contribution in [2.75, 3.05) is 17.2 Å². The van der Waals surface area contributed by atoms with E-state index >= 15 is 0 Å². The Morgan fingerprint density at radius 2 is 1.68 bits per heavy atom. The first-order valence-corrected chi connectivity index (χ1v) is 9.20. The van der Waals surface area contributed by atoms with Crippen molar-refractivity contribution in [1.29, 1.82) is 0 Å². The minimum Gasteiger partial charge on any atom is -0.467 e. The molecule has 2 N–H and O–H groups in total. The van der Waals surface area contributed by atoms with Crippen molar-refractivity contribution in [2.45, 2.75) is 13.0 Å². The molecule has 0 spiro atoms. The molecule has 0 aliphatic carbocycles. The Bertz CT molecular complexity index is 937. The largest absolute Gasteiger partial charge is 0.467 e. The first kappa shape index (κ1) is 17.9. The molecule has 0 saturated carbocycles. The van der Waals surface area contributed by atoms with Gasteiger partial charge in [0.2, 0.25) is 11.8 Å². The first-order valence-electron chi connectivity index (χ1n) is 9.20. The van der Waals surface area contributed by atoms with Crippen molar-refractivity contribution in [3.8, 4) is 0 Å². The van der Waals surface area contributed by atoms with Gasteiger partial charge in [0.1, 0.15) is 5.76 Å². The number of carbonyl (C=O) groups is 2. The molecule has 1 aromatic heterocycles. The van der Waals surface area contributed by atoms with Crippen LogP contribution in [-0.2, 0) is 16.1 Å². The molecule has 4 rings (SSSR count). The number of rotatable bonds is 6. The number of carbonyl (C=O) groups excluding carboxylic acids is 2. The SMILES string of the molecule is O=C(Nc1ccc(Nc2ccccc2)cc1)C1CC(=O)N(Cc2ccco2)C1. The summed E-state index contributed by atoms with van der Waals surface area (Å²) in [6, 6.07) is 21.0. The second-order valence-electron chi connectivity index (χ2n) is 6.81. The first-order chi connectivity index (χ1) is 13.7. The molecule has 1 saturated heterocycles. The summed E-state index contributed by atoms with van der Waals surface area (Å²) in [4.78, 5) is 26.4. The molecule has 6 heteroatoms. The van der Waals surface area contributed by atoms with Crippen LogP contribution in [0.1, 0.15) is 12.2 Å². The van der Waals surface area contributed by atoms with Crippen molar-refractivity contribution >= 4 is 28.9 Å². The van der Waals surface area contributed by atoms with E-state index in [0.717, 1.165) is 17.1 Å². The lowest BCUT2D eigenvalue weighted by molar-refractivity contribution is -0.128. The predicted octanol–water partition coefficient (Wildman–Crippen LogP) is 4.01. The molecule has 2 heterocycles. The summed E-state index contributed by atoms with van der Waals surface area (Å²) < 4.78 is 5.29. The van der Waals surface area contributed by atoms with Gasteiger partial charge in [-0.25, -0.2) is 0 Å². The van der Waals surface area contributed by atoms with E-state index in [1.165, 1.54) is 0 Å². The van der Waals surface area contributed by atoms with Gasteiger partial charge in [0.05, 0.1) is 18.7 Å². The van der Waals surface area contributed by atoms with E-state index in [-0.39, 0.29) is 24.2 Å². The molecule has 3 aromatic rings. The van der Waals surface area contributed by atoms with Gasteiger partial charge in [-0.1, -0.05) is 18.2 Å². The Balaban J connectivity index is 1.33. The number of anilines is 3. The third-order valence-corrected chi connectivity index (χ3v) is 4.73. The Morgan fingerprint density at radius 1 is 0.964 bits per heavy atom. The Hall–Kier alpha value is -3.54. The summed E-state index contributed by atoms with van der Waals surface area (Å²) in [7, 11) is 0. The maximum Gasteiger partial charge on any atom is 0.229 e. The molecule has 1 unspecified atom stereocenters. The van der Waals surface area contributed by atoms with Crippen molar-refractivity contribution in [3.05, 3.63) is 78.8 Å². The van der Waals surface area contributed by atoms with Crippen LogP contribution in [0, 0.1) is 5.92 Å².